The van der Waals surface area contributed by atoms with E-state index in [1.807, 2.05) is 0 Å². The topological polar surface area (TPSA) is 0 Å². The van der Waals surface area contributed by atoms with Crippen LogP contribution in [0.3, 0.4) is 0 Å². The fourth-order valence-corrected chi connectivity index (χ4v) is 0. The number of rotatable bonds is 0. The Labute approximate surface area is 59.4 Å². The summed E-state index contributed by atoms with van der Waals surface area (Å²) in [5.41, 5.74) is 0. The van der Waals surface area contributed by atoms with E-state index in [9.17, 15) is 0 Å². The van der Waals surface area contributed by atoms with Crippen molar-refractivity contribution in [3.63, 3.8) is 0 Å². The van der Waals surface area contributed by atoms with E-state index in [4.69, 9.17) is 8.92 Å². The molecule has 0 aromatic heterocycles. The van der Waals surface area contributed by atoms with Crippen molar-refractivity contribution >= 4 is 45.0 Å². The van der Waals surface area contributed by atoms with Crippen molar-refractivity contribution in [3.05, 3.63) is 0 Å². The third-order valence-corrected chi connectivity index (χ3v) is 0. The molecule has 6 heavy (non-hydrogen) atoms. The standard InChI is InChI=1S/3CH3.ClH.Li.Sn.H/h3*1H3;1H;;;/q;;;;;+1;/p-1. The first-order valence-corrected chi connectivity index (χ1v) is 13.9. The van der Waals surface area contributed by atoms with Gasteiger partial charge in [0.2, 0.25) is 0 Å². The Morgan fingerprint density at radius 3 is 1.17 bits per heavy atom. The molecular weight excluding hydrogens is 197 g/mol. The zero-order chi connectivity index (χ0) is 4.50. The van der Waals surface area contributed by atoms with Crippen molar-refractivity contribution in [3.8, 4) is 0 Å². The Balaban J connectivity index is 0. The molecule has 0 unspecified atom stereocenters. The van der Waals surface area contributed by atoms with Crippen molar-refractivity contribution in [1.29, 1.82) is 0 Å². The third-order valence-electron chi connectivity index (χ3n) is 0. The van der Waals surface area contributed by atoms with E-state index < -0.39 is 17.3 Å². The van der Waals surface area contributed by atoms with Gasteiger partial charge >= 0.3 is 59.9 Å². The molecule has 3 heteroatoms. The molecule has 0 rings (SSSR count). The average molecular weight is 207 g/mol. The fourth-order valence-electron chi connectivity index (χ4n) is 0. The van der Waals surface area contributed by atoms with E-state index in [1.54, 1.807) is 0 Å². The van der Waals surface area contributed by atoms with Crippen LogP contribution < -0.4 is 0 Å². The Morgan fingerprint density at radius 2 is 1.17 bits per heavy atom. The van der Waals surface area contributed by atoms with Gasteiger partial charge in [-0.2, -0.15) is 0 Å². The van der Waals surface area contributed by atoms with Crippen LogP contribution in [0.5, 0.6) is 0 Å². The molecule has 0 amide bonds. The predicted molar refractivity (Wildman–Crippen MR) is 36.3 cm³/mol. The summed E-state index contributed by atoms with van der Waals surface area (Å²) >= 11 is -1.71. The Kier molecular flexibility index (Phi) is 6.48. The minimum atomic E-state index is -1.71. The second-order valence-electron chi connectivity index (χ2n) is 2.07. The third kappa shape index (κ3) is 43.9. The van der Waals surface area contributed by atoms with E-state index in [0.29, 0.717) is 0 Å². The summed E-state index contributed by atoms with van der Waals surface area (Å²) in [4.78, 5) is 6.49. The molecule has 0 aliphatic rings. The number of hydrogen-bond donors (Lipinski definition) is 0. The zero-order valence-electron chi connectivity index (χ0n) is 3.88. The number of hydrogen-bond acceptors (Lipinski definition) is 0. The van der Waals surface area contributed by atoms with Crippen molar-refractivity contribution in [2.75, 3.05) is 0 Å². The van der Waals surface area contributed by atoms with Gasteiger partial charge in [0.15, 0.2) is 0 Å². The first kappa shape index (κ1) is 10.6. The van der Waals surface area contributed by atoms with Gasteiger partial charge < -0.3 is 0 Å². The van der Waals surface area contributed by atoms with Gasteiger partial charge in [-0.1, -0.05) is 0 Å². The van der Waals surface area contributed by atoms with Crippen LogP contribution in [0.1, 0.15) is 0 Å². The summed E-state index contributed by atoms with van der Waals surface area (Å²) in [5.74, 6) is 0. The quantitative estimate of drug-likeness (QED) is 0.527. The maximum atomic E-state index is 5.74. The van der Waals surface area contributed by atoms with Crippen molar-refractivity contribution in [2.45, 2.75) is 14.8 Å². The minimum absolute atomic E-state index is 0. The Morgan fingerprint density at radius 1 is 1.17 bits per heavy atom. The summed E-state index contributed by atoms with van der Waals surface area (Å²) < 4.78 is 0. The summed E-state index contributed by atoms with van der Waals surface area (Å²) in [6, 6.07) is 0. The summed E-state index contributed by atoms with van der Waals surface area (Å²) in [6.07, 6.45) is 0. The van der Waals surface area contributed by atoms with Crippen molar-refractivity contribution in [1.82, 2.24) is 0 Å². The van der Waals surface area contributed by atoms with Crippen molar-refractivity contribution < 1.29 is 0 Å². The van der Waals surface area contributed by atoms with Crippen LogP contribution in [0.4, 0.5) is 0 Å². The Bertz CT molecular complexity index is 26.3. The SMILES string of the molecule is [CH3][Sn]([CH3])([CH3])[Cl].[LiH]. The molecule has 0 aliphatic heterocycles. The molecule has 0 saturated heterocycles. The predicted octanol–water partition coefficient (Wildman–Crippen LogP) is 1.41. The van der Waals surface area contributed by atoms with Gasteiger partial charge in [0.25, 0.3) is 0 Å². The molecular formula is C3H10ClLiSn. The van der Waals surface area contributed by atoms with E-state index in [0.717, 1.165) is 0 Å². The van der Waals surface area contributed by atoms with Gasteiger partial charge in [0.05, 0.1) is 0 Å². The molecule has 0 aromatic carbocycles. The fraction of sp³-hybridized carbons (Fsp3) is 1.00. The van der Waals surface area contributed by atoms with Crippen LogP contribution in [-0.4, -0.2) is 36.1 Å². The van der Waals surface area contributed by atoms with E-state index >= 15 is 0 Å². The molecule has 0 radical (unpaired) electrons. The first-order chi connectivity index (χ1) is 2.00. The normalized spacial score (nSPS) is 10.0. The van der Waals surface area contributed by atoms with Crippen LogP contribution in [0.25, 0.3) is 0 Å². The van der Waals surface area contributed by atoms with Gasteiger partial charge in [0, 0.05) is 0 Å². The van der Waals surface area contributed by atoms with Gasteiger partial charge in [0.1, 0.15) is 0 Å². The van der Waals surface area contributed by atoms with E-state index in [1.165, 1.54) is 0 Å². The summed E-state index contributed by atoms with van der Waals surface area (Å²) in [7, 11) is 5.74. The molecule has 0 spiro atoms. The maximum absolute atomic E-state index is 5.74. The van der Waals surface area contributed by atoms with Crippen LogP contribution in [0.15, 0.2) is 0 Å². The molecule has 0 nitrogen and oxygen atoms in total. The van der Waals surface area contributed by atoms with E-state index in [2.05, 4.69) is 14.8 Å². The monoisotopic (exact) mass is 208 g/mol. The van der Waals surface area contributed by atoms with Crippen LogP contribution in [0, 0.1) is 0 Å². The molecule has 0 aromatic rings. The van der Waals surface area contributed by atoms with Crippen LogP contribution >= 0.6 is 8.92 Å². The molecule has 0 aliphatic carbocycles. The zero-order valence-corrected chi connectivity index (χ0v) is 7.49. The molecule has 0 atom stereocenters. The second kappa shape index (κ2) is 3.66. The van der Waals surface area contributed by atoms with Gasteiger partial charge in [-0.3, -0.25) is 0 Å². The average Bonchev–Trinajstić information content (AvgIpc) is 0.722. The van der Waals surface area contributed by atoms with Gasteiger partial charge in [-0.15, -0.1) is 0 Å². The molecule has 0 fully saturated rings. The van der Waals surface area contributed by atoms with Gasteiger partial charge in [-0.05, 0) is 0 Å². The molecule has 34 valence electrons. The van der Waals surface area contributed by atoms with Crippen molar-refractivity contribution in [2.24, 2.45) is 0 Å². The van der Waals surface area contributed by atoms with Gasteiger partial charge in [-0.25, -0.2) is 0 Å². The molecule has 0 heterocycles. The van der Waals surface area contributed by atoms with Crippen LogP contribution in [-0.2, 0) is 0 Å². The molecule has 0 saturated carbocycles. The second-order valence-corrected chi connectivity index (χ2v) is 21.5. The summed E-state index contributed by atoms with van der Waals surface area (Å²) in [5, 5.41) is 0. The van der Waals surface area contributed by atoms with E-state index in [-0.39, 0.29) is 18.9 Å². The number of halogens is 1. The first-order valence-electron chi connectivity index (χ1n) is 1.69. The Hall–Kier alpha value is 1.69. The molecule has 0 N–H and O–H groups in total. The summed E-state index contributed by atoms with van der Waals surface area (Å²) in [6.45, 7) is 0. The van der Waals surface area contributed by atoms with Crippen LogP contribution in [0.2, 0.25) is 14.8 Å². The molecule has 0 bridgehead atoms.